The first-order valence-corrected chi connectivity index (χ1v) is 11.1. The van der Waals surface area contributed by atoms with Gasteiger partial charge in [-0.1, -0.05) is 31.7 Å². The number of carbonyl (C=O) groups is 3. The summed E-state index contributed by atoms with van der Waals surface area (Å²) in [4.78, 5) is 42.9. The van der Waals surface area contributed by atoms with Gasteiger partial charge in [0.2, 0.25) is 11.8 Å². The Balaban J connectivity index is 1.29. The summed E-state index contributed by atoms with van der Waals surface area (Å²) in [7, 11) is 0. The van der Waals surface area contributed by atoms with E-state index in [1.165, 1.54) is 25.7 Å². The molecule has 2 heterocycles. The van der Waals surface area contributed by atoms with Gasteiger partial charge in [0.15, 0.2) is 0 Å². The summed E-state index contributed by atoms with van der Waals surface area (Å²) in [6.45, 7) is 3.08. The highest BCUT2D eigenvalue weighted by molar-refractivity contribution is 5.99. The summed E-state index contributed by atoms with van der Waals surface area (Å²) < 4.78 is 0. The van der Waals surface area contributed by atoms with Crippen LogP contribution in [0.25, 0.3) is 0 Å². The first-order valence-electron chi connectivity index (χ1n) is 11.1. The van der Waals surface area contributed by atoms with Gasteiger partial charge in [0, 0.05) is 56.8 Å². The van der Waals surface area contributed by atoms with Gasteiger partial charge in [0.05, 0.1) is 0 Å². The van der Waals surface area contributed by atoms with Gasteiger partial charge >= 0.3 is 0 Å². The van der Waals surface area contributed by atoms with Gasteiger partial charge in [-0.3, -0.25) is 14.4 Å². The lowest BCUT2D eigenvalue weighted by atomic mass is 10.0. The van der Waals surface area contributed by atoms with E-state index in [9.17, 15) is 14.4 Å². The number of hydrogen-bond donors (Lipinski definition) is 0. The van der Waals surface area contributed by atoms with E-state index in [1.54, 1.807) is 4.90 Å². The molecule has 0 N–H and O–H groups in total. The molecule has 29 heavy (non-hydrogen) atoms. The zero-order valence-electron chi connectivity index (χ0n) is 17.1. The molecule has 156 valence electrons. The van der Waals surface area contributed by atoms with Gasteiger partial charge in [-0.05, 0) is 37.0 Å². The van der Waals surface area contributed by atoms with Crippen LogP contribution < -0.4 is 4.90 Å². The quantitative estimate of drug-likeness (QED) is 0.767. The summed E-state index contributed by atoms with van der Waals surface area (Å²) in [6.07, 6.45) is 8.28. The predicted molar refractivity (Wildman–Crippen MR) is 112 cm³/mol. The first kappa shape index (κ1) is 19.9. The van der Waals surface area contributed by atoms with E-state index in [0.717, 1.165) is 31.0 Å². The van der Waals surface area contributed by atoms with E-state index in [4.69, 9.17) is 0 Å². The molecule has 6 nitrogen and oxygen atoms in total. The van der Waals surface area contributed by atoms with Crippen molar-refractivity contribution in [3.05, 3.63) is 29.8 Å². The molecule has 6 heteroatoms. The second-order valence-corrected chi connectivity index (χ2v) is 8.56. The molecule has 0 atom stereocenters. The molecule has 0 unspecified atom stereocenters. The third kappa shape index (κ3) is 4.62. The molecule has 0 radical (unpaired) electrons. The predicted octanol–water partition coefficient (Wildman–Crippen LogP) is 3.07. The van der Waals surface area contributed by atoms with Crippen LogP contribution in [0.1, 0.15) is 61.7 Å². The minimum atomic E-state index is -0.0171. The fourth-order valence-electron chi connectivity index (χ4n) is 4.85. The summed E-state index contributed by atoms with van der Waals surface area (Å²) in [5.74, 6) is 1.08. The monoisotopic (exact) mass is 397 g/mol. The average molecular weight is 398 g/mol. The third-order valence-corrected chi connectivity index (χ3v) is 6.64. The Bertz CT molecular complexity index is 764. The molecular formula is C23H31N3O3. The second-order valence-electron chi connectivity index (χ2n) is 8.56. The molecule has 3 fully saturated rings. The van der Waals surface area contributed by atoms with Crippen LogP contribution in [-0.2, 0) is 9.59 Å². The van der Waals surface area contributed by atoms with Crippen LogP contribution in [0, 0.1) is 5.92 Å². The Morgan fingerprint density at radius 1 is 0.931 bits per heavy atom. The summed E-state index contributed by atoms with van der Waals surface area (Å²) in [6, 6.07) is 7.37. The van der Waals surface area contributed by atoms with Crippen LogP contribution in [0.4, 0.5) is 5.69 Å². The number of piperazine rings is 1. The molecule has 0 spiro atoms. The average Bonchev–Trinajstić information content (AvgIpc) is 3.43. The molecule has 4 rings (SSSR count). The fraction of sp³-hybridized carbons (Fsp3) is 0.609. The Labute approximate surface area is 172 Å². The van der Waals surface area contributed by atoms with Crippen LogP contribution in [0.5, 0.6) is 0 Å². The fourth-order valence-corrected chi connectivity index (χ4v) is 4.85. The van der Waals surface area contributed by atoms with Crippen molar-refractivity contribution in [2.75, 3.05) is 37.6 Å². The van der Waals surface area contributed by atoms with Crippen molar-refractivity contribution in [1.82, 2.24) is 9.80 Å². The lowest BCUT2D eigenvalue weighted by molar-refractivity contribution is -0.133. The van der Waals surface area contributed by atoms with Crippen molar-refractivity contribution in [3.8, 4) is 0 Å². The molecule has 0 bridgehead atoms. The van der Waals surface area contributed by atoms with E-state index in [1.807, 2.05) is 34.1 Å². The van der Waals surface area contributed by atoms with Crippen molar-refractivity contribution in [1.29, 1.82) is 0 Å². The summed E-state index contributed by atoms with van der Waals surface area (Å²) in [5, 5.41) is 0. The third-order valence-electron chi connectivity index (χ3n) is 6.64. The standard InChI is InChI=1S/C23H31N3O3/c27-21(11-10-18-5-1-2-6-18)24-13-15-25(16-14-24)23(29)19-7-3-8-20(17-19)26-12-4-9-22(26)28/h3,7-8,17-18H,1-2,4-6,9-16H2. The SMILES string of the molecule is O=C(CCC1CCCC1)N1CCN(C(=O)c2cccc(N3CCCC3=O)c2)CC1. The van der Waals surface area contributed by atoms with Crippen molar-refractivity contribution >= 4 is 23.4 Å². The van der Waals surface area contributed by atoms with Gasteiger partial charge in [-0.25, -0.2) is 0 Å². The molecule has 2 saturated heterocycles. The van der Waals surface area contributed by atoms with Gasteiger partial charge in [-0.2, -0.15) is 0 Å². The number of anilines is 1. The molecule has 3 amide bonds. The van der Waals surface area contributed by atoms with Gasteiger partial charge in [0.25, 0.3) is 5.91 Å². The van der Waals surface area contributed by atoms with E-state index in [-0.39, 0.29) is 17.7 Å². The summed E-state index contributed by atoms with van der Waals surface area (Å²) in [5.41, 5.74) is 1.42. The minimum absolute atomic E-state index is 0.0171. The zero-order chi connectivity index (χ0) is 20.2. The van der Waals surface area contributed by atoms with Crippen molar-refractivity contribution in [2.24, 2.45) is 5.92 Å². The highest BCUT2D eigenvalue weighted by Gasteiger charge is 2.27. The number of hydrogen-bond acceptors (Lipinski definition) is 3. The van der Waals surface area contributed by atoms with Crippen molar-refractivity contribution < 1.29 is 14.4 Å². The topological polar surface area (TPSA) is 60.9 Å². The number of benzene rings is 1. The van der Waals surface area contributed by atoms with Crippen molar-refractivity contribution in [2.45, 2.75) is 51.4 Å². The largest absolute Gasteiger partial charge is 0.339 e. The molecule has 0 aromatic heterocycles. The van der Waals surface area contributed by atoms with Crippen LogP contribution >= 0.6 is 0 Å². The Kier molecular flexibility index (Phi) is 6.16. The van der Waals surface area contributed by atoms with Gasteiger partial charge < -0.3 is 14.7 Å². The molecule has 2 aliphatic heterocycles. The van der Waals surface area contributed by atoms with E-state index >= 15 is 0 Å². The minimum Gasteiger partial charge on any atom is -0.339 e. The molecule has 1 aromatic carbocycles. The maximum Gasteiger partial charge on any atom is 0.254 e. The number of rotatable bonds is 5. The molecule has 3 aliphatic rings. The van der Waals surface area contributed by atoms with E-state index in [2.05, 4.69) is 0 Å². The second kappa shape index (κ2) is 8.97. The molecule has 1 aliphatic carbocycles. The maximum atomic E-state index is 12.9. The number of amides is 3. The first-order chi connectivity index (χ1) is 14.1. The van der Waals surface area contributed by atoms with E-state index < -0.39 is 0 Å². The normalized spacial score (nSPS) is 20.6. The van der Waals surface area contributed by atoms with Crippen LogP contribution in [0.2, 0.25) is 0 Å². The highest BCUT2D eigenvalue weighted by atomic mass is 16.2. The molecular weight excluding hydrogens is 366 g/mol. The van der Waals surface area contributed by atoms with Gasteiger partial charge in [0.1, 0.15) is 0 Å². The Morgan fingerprint density at radius 3 is 2.34 bits per heavy atom. The molecule has 1 saturated carbocycles. The van der Waals surface area contributed by atoms with E-state index in [0.29, 0.717) is 44.6 Å². The van der Waals surface area contributed by atoms with Crippen LogP contribution in [-0.4, -0.2) is 60.2 Å². The highest BCUT2D eigenvalue weighted by Crippen LogP contribution is 2.29. The number of carbonyl (C=O) groups excluding carboxylic acids is 3. The van der Waals surface area contributed by atoms with Crippen LogP contribution in [0.15, 0.2) is 24.3 Å². The van der Waals surface area contributed by atoms with Crippen molar-refractivity contribution in [3.63, 3.8) is 0 Å². The number of nitrogens with zero attached hydrogens (tertiary/aromatic N) is 3. The van der Waals surface area contributed by atoms with Crippen LogP contribution in [0.3, 0.4) is 0 Å². The van der Waals surface area contributed by atoms with Gasteiger partial charge in [-0.15, -0.1) is 0 Å². The summed E-state index contributed by atoms with van der Waals surface area (Å²) >= 11 is 0. The Hall–Kier alpha value is -2.37. The lowest BCUT2D eigenvalue weighted by Gasteiger charge is -2.35. The molecule has 1 aromatic rings. The maximum absolute atomic E-state index is 12.9. The zero-order valence-corrected chi connectivity index (χ0v) is 17.1. The lowest BCUT2D eigenvalue weighted by Crippen LogP contribution is -2.50. The Morgan fingerprint density at radius 2 is 1.66 bits per heavy atom. The smallest absolute Gasteiger partial charge is 0.254 e.